The van der Waals surface area contributed by atoms with Gasteiger partial charge >= 0.3 is 0 Å². The predicted octanol–water partition coefficient (Wildman–Crippen LogP) is 5.63. The molecule has 0 aromatic heterocycles. The van der Waals surface area contributed by atoms with Gasteiger partial charge in [0.25, 0.3) is 0 Å². The van der Waals surface area contributed by atoms with Gasteiger partial charge in [0.2, 0.25) is 0 Å². The van der Waals surface area contributed by atoms with E-state index in [2.05, 4.69) is 38.1 Å². The highest BCUT2D eigenvalue weighted by Gasteiger charge is 2.16. The molecule has 0 bridgehead atoms. The Balaban J connectivity index is 0.00000220. The first-order valence-corrected chi connectivity index (χ1v) is 7.54. The largest absolute Gasteiger partial charge is 0.330 e. The molecule has 0 saturated heterocycles. The molecule has 2 unspecified atom stereocenters. The fourth-order valence-electron chi connectivity index (χ4n) is 2.44. The third kappa shape index (κ3) is 4.14. The van der Waals surface area contributed by atoms with Crippen LogP contribution in [-0.2, 0) is 0 Å². The molecule has 114 valence electrons. The van der Waals surface area contributed by atoms with Gasteiger partial charge in [-0.1, -0.05) is 67.4 Å². The highest BCUT2D eigenvalue weighted by molar-refractivity contribution is 6.42. The Labute approximate surface area is 142 Å². The molecular formula is C17H20Cl3N. The van der Waals surface area contributed by atoms with Crippen molar-refractivity contribution in [3.05, 3.63) is 69.2 Å². The van der Waals surface area contributed by atoms with Crippen LogP contribution in [0.25, 0.3) is 0 Å². The summed E-state index contributed by atoms with van der Waals surface area (Å²) in [5.74, 6) is 0.603. The highest BCUT2D eigenvalue weighted by atomic mass is 35.5. The minimum Gasteiger partial charge on any atom is -0.330 e. The standard InChI is InChI=1S/C17H19Cl2N.ClH/c1-11(10-20)14-5-3-4-6-15(14)12(2)13-7-8-16(18)17(19)9-13;/h3-9,11-12H,10,20H2,1-2H3;1H. The maximum Gasteiger partial charge on any atom is 0.0595 e. The Morgan fingerprint density at radius 2 is 1.57 bits per heavy atom. The number of benzene rings is 2. The van der Waals surface area contributed by atoms with Crippen molar-refractivity contribution >= 4 is 35.6 Å². The van der Waals surface area contributed by atoms with Crippen molar-refractivity contribution in [2.24, 2.45) is 5.73 Å². The topological polar surface area (TPSA) is 26.0 Å². The third-order valence-electron chi connectivity index (χ3n) is 3.79. The Morgan fingerprint density at radius 1 is 0.952 bits per heavy atom. The van der Waals surface area contributed by atoms with Gasteiger partial charge < -0.3 is 5.73 Å². The summed E-state index contributed by atoms with van der Waals surface area (Å²) >= 11 is 12.1. The first-order chi connectivity index (χ1) is 9.54. The molecule has 2 rings (SSSR count). The second kappa shape index (κ2) is 8.05. The molecule has 2 atom stereocenters. The van der Waals surface area contributed by atoms with E-state index in [4.69, 9.17) is 28.9 Å². The number of hydrogen-bond acceptors (Lipinski definition) is 1. The van der Waals surface area contributed by atoms with Crippen LogP contribution in [-0.4, -0.2) is 6.54 Å². The minimum atomic E-state index is 0. The zero-order chi connectivity index (χ0) is 14.7. The fourth-order valence-corrected chi connectivity index (χ4v) is 2.75. The molecule has 0 fully saturated rings. The molecule has 0 aliphatic rings. The lowest BCUT2D eigenvalue weighted by Gasteiger charge is -2.20. The molecule has 0 aliphatic carbocycles. The third-order valence-corrected chi connectivity index (χ3v) is 4.53. The van der Waals surface area contributed by atoms with Gasteiger partial charge in [0.1, 0.15) is 0 Å². The van der Waals surface area contributed by atoms with E-state index in [-0.39, 0.29) is 18.3 Å². The van der Waals surface area contributed by atoms with E-state index in [9.17, 15) is 0 Å². The first kappa shape index (κ1) is 18.3. The Kier molecular flexibility index (Phi) is 7.02. The van der Waals surface area contributed by atoms with Crippen LogP contribution >= 0.6 is 35.6 Å². The first-order valence-electron chi connectivity index (χ1n) is 6.78. The van der Waals surface area contributed by atoms with E-state index in [1.807, 2.05) is 18.2 Å². The molecule has 0 spiro atoms. The maximum atomic E-state index is 6.12. The van der Waals surface area contributed by atoms with Gasteiger partial charge in [-0.05, 0) is 41.3 Å². The SMILES string of the molecule is CC(CN)c1ccccc1C(C)c1ccc(Cl)c(Cl)c1.Cl. The maximum absolute atomic E-state index is 6.12. The molecule has 0 aliphatic heterocycles. The summed E-state index contributed by atoms with van der Waals surface area (Å²) in [6.07, 6.45) is 0. The fraction of sp³-hybridized carbons (Fsp3) is 0.294. The summed E-state index contributed by atoms with van der Waals surface area (Å²) in [5.41, 5.74) is 9.58. The lowest BCUT2D eigenvalue weighted by Crippen LogP contribution is -2.12. The predicted molar refractivity (Wildman–Crippen MR) is 95.1 cm³/mol. The van der Waals surface area contributed by atoms with E-state index >= 15 is 0 Å². The van der Waals surface area contributed by atoms with Crippen molar-refractivity contribution in [3.63, 3.8) is 0 Å². The molecule has 1 nitrogen and oxygen atoms in total. The van der Waals surface area contributed by atoms with Crippen LogP contribution < -0.4 is 5.73 Å². The molecule has 2 aromatic rings. The molecule has 2 N–H and O–H groups in total. The van der Waals surface area contributed by atoms with Crippen LogP contribution in [0.5, 0.6) is 0 Å². The summed E-state index contributed by atoms with van der Waals surface area (Å²) in [6, 6.07) is 14.3. The molecule has 0 radical (unpaired) electrons. The van der Waals surface area contributed by atoms with E-state index in [0.29, 0.717) is 22.5 Å². The lowest BCUT2D eigenvalue weighted by atomic mass is 9.85. The van der Waals surface area contributed by atoms with E-state index in [0.717, 1.165) is 5.56 Å². The van der Waals surface area contributed by atoms with Crippen LogP contribution in [0.15, 0.2) is 42.5 Å². The normalized spacial score (nSPS) is 13.4. The van der Waals surface area contributed by atoms with Gasteiger partial charge in [-0.3, -0.25) is 0 Å². The Morgan fingerprint density at radius 3 is 2.14 bits per heavy atom. The van der Waals surface area contributed by atoms with Gasteiger partial charge in [0.05, 0.1) is 10.0 Å². The second-order valence-corrected chi connectivity index (χ2v) is 5.98. The van der Waals surface area contributed by atoms with Crippen LogP contribution in [0.1, 0.15) is 42.4 Å². The van der Waals surface area contributed by atoms with Crippen molar-refractivity contribution < 1.29 is 0 Å². The van der Waals surface area contributed by atoms with Gasteiger partial charge in [0, 0.05) is 5.92 Å². The highest BCUT2D eigenvalue weighted by Crippen LogP contribution is 2.33. The number of halogens is 3. The summed E-state index contributed by atoms with van der Waals surface area (Å²) in [7, 11) is 0. The van der Waals surface area contributed by atoms with E-state index in [1.165, 1.54) is 11.1 Å². The van der Waals surface area contributed by atoms with Crippen molar-refractivity contribution in [1.82, 2.24) is 0 Å². The van der Waals surface area contributed by atoms with Gasteiger partial charge in [0.15, 0.2) is 0 Å². The molecule has 0 heterocycles. The number of hydrogen-bond donors (Lipinski definition) is 1. The van der Waals surface area contributed by atoms with Gasteiger partial charge in [-0.25, -0.2) is 0 Å². The molecule has 0 saturated carbocycles. The lowest BCUT2D eigenvalue weighted by molar-refractivity contribution is 0.749. The number of nitrogens with two attached hydrogens (primary N) is 1. The number of rotatable bonds is 4. The second-order valence-electron chi connectivity index (χ2n) is 5.16. The van der Waals surface area contributed by atoms with Crippen molar-refractivity contribution in [1.29, 1.82) is 0 Å². The molecular weight excluding hydrogens is 325 g/mol. The summed E-state index contributed by atoms with van der Waals surface area (Å²) < 4.78 is 0. The van der Waals surface area contributed by atoms with Crippen LogP contribution in [0.3, 0.4) is 0 Å². The molecule has 21 heavy (non-hydrogen) atoms. The zero-order valence-corrected chi connectivity index (χ0v) is 14.5. The monoisotopic (exact) mass is 343 g/mol. The van der Waals surface area contributed by atoms with E-state index < -0.39 is 0 Å². The molecule has 2 aromatic carbocycles. The minimum absolute atomic E-state index is 0. The Bertz CT molecular complexity index is 598. The average molecular weight is 345 g/mol. The summed E-state index contributed by atoms with van der Waals surface area (Å²) in [6.45, 7) is 4.98. The van der Waals surface area contributed by atoms with Crippen molar-refractivity contribution in [3.8, 4) is 0 Å². The van der Waals surface area contributed by atoms with Crippen molar-refractivity contribution in [2.75, 3.05) is 6.54 Å². The smallest absolute Gasteiger partial charge is 0.0595 e. The van der Waals surface area contributed by atoms with Crippen LogP contribution in [0, 0.1) is 0 Å². The molecule has 0 amide bonds. The summed E-state index contributed by atoms with van der Waals surface area (Å²) in [4.78, 5) is 0. The van der Waals surface area contributed by atoms with Gasteiger partial charge in [-0.15, -0.1) is 12.4 Å². The summed E-state index contributed by atoms with van der Waals surface area (Å²) in [5, 5.41) is 1.19. The van der Waals surface area contributed by atoms with Crippen LogP contribution in [0.4, 0.5) is 0 Å². The average Bonchev–Trinajstić information content (AvgIpc) is 2.48. The van der Waals surface area contributed by atoms with Gasteiger partial charge in [-0.2, -0.15) is 0 Å². The Hall–Kier alpha value is -0.730. The van der Waals surface area contributed by atoms with E-state index in [1.54, 1.807) is 0 Å². The van der Waals surface area contributed by atoms with Crippen LogP contribution in [0.2, 0.25) is 10.0 Å². The zero-order valence-electron chi connectivity index (χ0n) is 12.1. The molecule has 4 heteroatoms. The van der Waals surface area contributed by atoms with Crippen molar-refractivity contribution in [2.45, 2.75) is 25.7 Å². The quantitative estimate of drug-likeness (QED) is 0.764.